The Morgan fingerprint density at radius 3 is 2.57 bits per heavy atom. The van der Waals surface area contributed by atoms with Crippen molar-refractivity contribution in [1.82, 2.24) is 34.9 Å². The fourth-order valence-electron chi connectivity index (χ4n) is 4.70. The maximum atomic E-state index is 14.5. The standard InChI is InChI=1S/C27H24BrFN8O5/c1-14(38)25-18-7-15(16-9-30-23(31-10-16)11-32-27(41)42)5-6-19(18)37(35-25)13-24(39)36-12-17(29)8-20(36)26(40)34-22-4-2-3-21(28)33-22/h2-7,9-10,17,20,32H,8,11-13H2,1H3,(H,41,42)(H,33,34,40)/t17-,20+/m1/s1. The summed E-state index contributed by atoms with van der Waals surface area (Å²) in [5, 5.41) is 18.4. The first-order valence-corrected chi connectivity index (χ1v) is 13.5. The van der Waals surface area contributed by atoms with E-state index in [0.717, 1.165) is 0 Å². The summed E-state index contributed by atoms with van der Waals surface area (Å²) in [7, 11) is 0. The van der Waals surface area contributed by atoms with Gasteiger partial charge >= 0.3 is 6.09 Å². The van der Waals surface area contributed by atoms with Crippen LogP contribution in [0, 0.1) is 0 Å². The number of rotatable bonds is 8. The molecule has 1 aromatic carbocycles. The van der Waals surface area contributed by atoms with Gasteiger partial charge in [-0.2, -0.15) is 5.10 Å². The van der Waals surface area contributed by atoms with Gasteiger partial charge in [-0.05, 0) is 45.8 Å². The molecule has 2 atom stereocenters. The van der Waals surface area contributed by atoms with E-state index in [4.69, 9.17) is 5.11 Å². The number of anilines is 1. The van der Waals surface area contributed by atoms with Crippen LogP contribution in [0.1, 0.15) is 29.7 Å². The van der Waals surface area contributed by atoms with Crippen molar-refractivity contribution in [3.05, 3.63) is 64.9 Å². The number of hydrogen-bond donors (Lipinski definition) is 3. The van der Waals surface area contributed by atoms with E-state index in [2.05, 4.69) is 46.6 Å². The molecule has 0 radical (unpaired) electrons. The number of nitrogens with zero attached hydrogens (tertiary/aromatic N) is 6. The highest BCUT2D eigenvalue weighted by atomic mass is 79.9. The van der Waals surface area contributed by atoms with Gasteiger partial charge in [0.05, 0.1) is 18.6 Å². The monoisotopic (exact) mass is 638 g/mol. The summed E-state index contributed by atoms with van der Waals surface area (Å²) in [6, 6.07) is 9.09. The molecule has 4 aromatic rings. The predicted molar refractivity (Wildman–Crippen MR) is 151 cm³/mol. The molecule has 13 nitrogen and oxygen atoms in total. The van der Waals surface area contributed by atoms with Crippen LogP contribution >= 0.6 is 15.9 Å². The van der Waals surface area contributed by atoms with Crippen LogP contribution in [-0.2, 0) is 22.7 Å². The summed E-state index contributed by atoms with van der Waals surface area (Å²) >= 11 is 3.23. The molecule has 5 rings (SSSR count). The van der Waals surface area contributed by atoms with E-state index >= 15 is 0 Å². The number of pyridine rings is 1. The van der Waals surface area contributed by atoms with Crippen LogP contribution in [0.2, 0.25) is 0 Å². The normalized spacial score (nSPS) is 16.4. The van der Waals surface area contributed by atoms with Gasteiger partial charge in [0.25, 0.3) is 0 Å². The number of nitrogens with one attached hydrogen (secondary N) is 2. The highest BCUT2D eigenvalue weighted by molar-refractivity contribution is 9.10. The Hall–Kier alpha value is -4.79. The van der Waals surface area contributed by atoms with E-state index in [1.807, 2.05) is 0 Å². The minimum atomic E-state index is -1.38. The van der Waals surface area contributed by atoms with Gasteiger partial charge in [0.1, 0.15) is 40.7 Å². The van der Waals surface area contributed by atoms with Crippen LogP contribution in [0.3, 0.4) is 0 Å². The fraction of sp³-hybridized carbons (Fsp3) is 0.259. The highest BCUT2D eigenvalue weighted by Gasteiger charge is 2.40. The molecule has 3 amide bonds. The summed E-state index contributed by atoms with van der Waals surface area (Å²) in [6.07, 6.45) is 0.346. The molecule has 3 N–H and O–H groups in total. The van der Waals surface area contributed by atoms with Crippen molar-refractivity contribution in [2.45, 2.75) is 38.6 Å². The Bertz CT molecular complexity index is 1700. The quantitative estimate of drug-likeness (QED) is 0.193. The second kappa shape index (κ2) is 12.0. The maximum absolute atomic E-state index is 14.5. The van der Waals surface area contributed by atoms with Gasteiger partial charge in [-0.1, -0.05) is 12.1 Å². The average Bonchev–Trinajstić information content (AvgIpc) is 3.52. The van der Waals surface area contributed by atoms with Crippen LogP contribution in [0.4, 0.5) is 15.0 Å². The SMILES string of the molecule is CC(=O)c1nn(CC(=O)N2C[C@H](F)C[C@H]2C(=O)Nc2cccc(Br)n2)c2ccc(-c3cnc(CNC(=O)O)nc3)cc12. The summed E-state index contributed by atoms with van der Waals surface area (Å²) < 4.78 is 16.3. The molecule has 3 aromatic heterocycles. The van der Waals surface area contributed by atoms with Crippen LogP contribution in [0.25, 0.3) is 22.0 Å². The van der Waals surface area contributed by atoms with Crippen LogP contribution in [0.5, 0.6) is 0 Å². The van der Waals surface area contributed by atoms with E-state index in [1.54, 1.807) is 36.4 Å². The van der Waals surface area contributed by atoms with E-state index in [9.17, 15) is 23.6 Å². The summed E-state index contributed by atoms with van der Waals surface area (Å²) in [5.74, 6) is -0.852. The Labute approximate surface area is 246 Å². The van der Waals surface area contributed by atoms with Crippen molar-refractivity contribution in [1.29, 1.82) is 0 Å². The Morgan fingerprint density at radius 2 is 1.88 bits per heavy atom. The lowest BCUT2D eigenvalue weighted by Gasteiger charge is -2.23. The third-order valence-corrected chi connectivity index (χ3v) is 7.09. The molecule has 42 heavy (non-hydrogen) atoms. The zero-order chi connectivity index (χ0) is 30.0. The third kappa shape index (κ3) is 6.25. The van der Waals surface area contributed by atoms with Gasteiger partial charge < -0.3 is 20.6 Å². The number of Topliss-reactive ketones (excluding diaryl/α,β-unsaturated/α-hetero) is 1. The molecule has 4 heterocycles. The molecule has 1 fully saturated rings. The summed E-state index contributed by atoms with van der Waals surface area (Å²) in [6.45, 7) is 0.749. The van der Waals surface area contributed by atoms with Crippen molar-refractivity contribution in [3.8, 4) is 11.1 Å². The van der Waals surface area contributed by atoms with Gasteiger partial charge in [-0.3, -0.25) is 19.1 Å². The molecule has 15 heteroatoms. The molecule has 0 aliphatic carbocycles. The van der Waals surface area contributed by atoms with Crippen LogP contribution in [-0.4, -0.2) is 77.2 Å². The number of likely N-dealkylation sites (tertiary alicyclic amines) is 1. The zero-order valence-electron chi connectivity index (χ0n) is 22.1. The van der Waals surface area contributed by atoms with Gasteiger partial charge in [0.15, 0.2) is 5.78 Å². The third-order valence-electron chi connectivity index (χ3n) is 6.64. The van der Waals surface area contributed by atoms with Crippen molar-refractivity contribution >= 4 is 56.3 Å². The lowest BCUT2D eigenvalue weighted by Crippen LogP contribution is -2.44. The first-order valence-electron chi connectivity index (χ1n) is 12.8. The van der Waals surface area contributed by atoms with Crippen LogP contribution < -0.4 is 10.6 Å². The summed E-state index contributed by atoms with van der Waals surface area (Å²) in [5.41, 5.74) is 1.93. The smallest absolute Gasteiger partial charge is 0.405 e. The van der Waals surface area contributed by atoms with Crippen molar-refractivity contribution in [3.63, 3.8) is 0 Å². The van der Waals surface area contributed by atoms with Gasteiger partial charge in [0.2, 0.25) is 11.8 Å². The van der Waals surface area contributed by atoms with Gasteiger partial charge in [-0.15, -0.1) is 0 Å². The molecule has 0 bridgehead atoms. The number of fused-ring (bicyclic) bond motifs is 1. The topological polar surface area (TPSA) is 172 Å². The average molecular weight is 639 g/mol. The van der Waals surface area contributed by atoms with Crippen molar-refractivity contribution in [2.75, 3.05) is 11.9 Å². The second-order valence-electron chi connectivity index (χ2n) is 9.57. The number of aromatic nitrogens is 5. The van der Waals surface area contributed by atoms with E-state index in [-0.39, 0.29) is 49.2 Å². The lowest BCUT2D eigenvalue weighted by atomic mass is 10.0. The summed E-state index contributed by atoms with van der Waals surface area (Å²) in [4.78, 5) is 63.2. The number of hydrogen-bond acceptors (Lipinski definition) is 8. The van der Waals surface area contributed by atoms with E-state index in [1.165, 1.54) is 28.9 Å². The number of alkyl halides is 1. The molecule has 1 aliphatic heterocycles. The molecule has 0 spiro atoms. The molecular formula is C27H24BrFN8O5. The number of ketones is 1. The molecule has 1 aliphatic rings. The zero-order valence-corrected chi connectivity index (χ0v) is 23.7. The Kier molecular flexibility index (Phi) is 8.20. The second-order valence-corrected chi connectivity index (χ2v) is 10.4. The number of amides is 3. The van der Waals surface area contributed by atoms with Gasteiger partial charge in [-0.25, -0.2) is 24.1 Å². The minimum Gasteiger partial charge on any atom is -0.465 e. The lowest BCUT2D eigenvalue weighted by molar-refractivity contribution is -0.137. The molecule has 1 saturated heterocycles. The highest BCUT2D eigenvalue weighted by Crippen LogP contribution is 2.28. The largest absolute Gasteiger partial charge is 0.465 e. The first kappa shape index (κ1) is 28.7. The van der Waals surface area contributed by atoms with Crippen molar-refractivity contribution < 1.29 is 28.7 Å². The van der Waals surface area contributed by atoms with E-state index < -0.39 is 30.1 Å². The van der Waals surface area contributed by atoms with E-state index in [0.29, 0.717) is 26.6 Å². The molecule has 0 saturated carbocycles. The Morgan fingerprint density at radius 1 is 1.12 bits per heavy atom. The fourth-order valence-corrected chi connectivity index (χ4v) is 5.05. The minimum absolute atomic E-state index is 0.0481. The Balaban J connectivity index is 1.37. The van der Waals surface area contributed by atoms with Crippen molar-refractivity contribution in [2.24, 2.45) is 0 Å². The number of carbonyl (C=O) groups is 4. The number of carbonyl (C=O) groups excluding carboxylic acids is 3. The number of halogens is 2. The first-order chi connectivity index (χ1) is 20.1. The number of carboxylic acid groups (broad SMARTS) is 1. The number of benzene rings is 1. The molecular weight excluding hydrogens is 615 g/mol. The predicted octanol–water partition coefficient (Wildman–Crippen LogP) is 3.20. The maximum Gasteiger partial charge on any atom is 0.405 e. The molecule has 216 valence electrons. The van der Waals surface area contributed by atoms with Gasteiger partial charge in [0, 0.05) is 36.7 Å². The van der Waals surface area contributed by atoms with Crippen LogP contribution in [0.15, 0.2) is 53.4 Å². The molecule has 0 unspecified atom stereocenters.